The summed E-state index contributed by atoms with van der Waals surface area (Å²) in [7, 11) is 1.56. The molecule has 0 saturated carbocycles. The molecule has 0 aromatic heterocycles. The van der Waals surface area contributed by atoms with Gasteiger partial charge in [0.05, 0.1) is 6.61 Å². The lowest BCUT2D eigenvalue weighted by Gasteiger charge is -2.24. The molecule has 0 aliphatic rings. The van der Waals surface area contributed by atoms with Gasteiger partial charge in [0.15, 0.2) is 0 Å². The minimum Gasteiger partial charge on any atom is -0.381 e. The van der Waals surface area contributed by atoms with Crippen molar-refractivity contribution in [2.75, 3.05) is 20.3 Å². The molecule has 0 heterocycles. The predicted octanol–water partition coefficient (Wildman–Crippen LogP) is 3.05. The second kappa shape index (κ2) is 9.10. The van der Waals surface area contributed by atoms with Crippen molar-refractivity contribution in [3.05, 3.63) is 0 Å². The highest BCUT2D eigenvalue weighted by Crippen LogP contribution is 2.26. The van der Waals surface area contributed by atoms with E-state index in [1.807, 2.05) is 0 Å². The van der Waals surface area contributed by atoms with Gasteiger partial charge in [0, 0.05) is 7.11 Å². The number of rotatable bonds is 10. The number of halogens is 1. The van der Waals surface area contributed by atoms with E-state index in [0.29, 0.717) is 19.4 Å². The number of hydrogen-bond acceptors (Lipinski definition) is 2. The van der Waals surface area contributed by atoms with Gasteiger partial charge in [0.2, 0.25) is 0 Å². The first-order chi connectivity index (χ1) is 7.18. The van der Waals surface area contributed by atoms with Gasteiger partial charge < -0.3 is 10.5 Å². The zero-order chi connectivity index (χ0) is 11.6. The van der Waals surface area contributed by atoms with Crippen LogP contribution in [0.3, 0.4) is 0 Å². The first kappa shape index (κ1) is 14.8. The van der Waals surface area contributed by atoms with Gasteiger partial charge in [-0.15, -0.1) is 0 Å². The molecule has 0 saturated heterocycles. The lowest BCUT2D eigenvalue weighted by Crippen LogP contribution is -2.29. The molecule has 0 fully saturated rings. The summed E-state index contributed by atoms with van der Waals surface area (Å²) in [5, 5.41) is 0. The zero-order valence-electron chi connectivity index (χ0n) is 10.2. The molecule has 0 spiro atoms. The third-order valence-corrected chi connectivity index (χ3v) is 2.71. The number of ether oxygens (including phenoxy) is 1. The fraction of sp³-hybridized carbons (Fsp3) is 1.00. The summed E-state index contributed by atoms with van der Waals surface area (Å²) in [6.45, 7) is 2.93. The standard InChI is InChI=1S/C12H26FNO/c1-3-4-5-6-8-12(13,11-15-2)9-7-10-14/h3-11,14H2,1-2H3. The lowest BCUT2D eigenvalue weighted by atomic mass is 9.93. The van der Waals surface area contributed by atoms with Crippen LogP contribution in [0.15, 0.2) is 0 Å². The number of methoxy groups -OCH3 is 1. The van der Waals surface area contributed by atoms with E-state index in [4.69, 9.17) is 10.5 Å². The van der Waals surface area contributed by atoms with Crippen LogP contribution in [0.4, 0.5) is 4.39 Å². The predicted molar refractivity (Wildman–Crippen MR) is 62.8 cm³/mol. The summed E-state index contributed by atoms with van der Waals surface area (Å²) in [5.41, 5.74) is 4.25. The number of alkyl halides is 1. The van der Waals surface area contributed by atoms with Crippen molar-refractivity contribution >= 4 is 0 Å². The lowest BCUT2D eigenvalue weighted by molar-refractivity contribution is 0.0248. The fourth-order valence-corrected chi connectivity index (χ4v) is 1.82. The van der Waals surface area contributed by atoms with Gasteiger partial charge in [-0.3, -0.25) is 0 Å². The first-order valence-corrected chi connectivity index (χ1v) is 6.06. The van der Waals surface area contributed by atoms with Crippen molar-refractivity contribution in [1.82, 2.24) is 0 Å². The average molecular weight is 219 g/mol. The Morgan fingerprint density at radius 2 is 1.80 bits per heavy atom. The Morgan fingerprint density at radius 3 is 2.33 bits per heavy atom. The van der Waals surface area contributed by atoms with Crippen LogP contribution in [0.1, 0.15) is 51.9 Å². The van der Waals surface area contributed by atoms with Crippen LogP contribution in [-0.2, 0) is 4.74 Å². The van der Waals surface area contributed by atoms with Crippen LogP contribution in [-0.4, -0.2) is 25.9 Å². The summed E-state index contributed by atoms with van der Waals surface area (Å²) in [4.78, 5) is 0. The van der Waals surface area contributed by atoms with E-state index in [9.17, 15) is 4.39 Å². The maximum Gasteiger partial charge on any atom is 0.134 e. The molecule has 2 nitrogen and oxygen atoms in total. The van der Waals surface area contributed by atoms with Gasteiger partial charge in [-0.1, -0.05) is 32.6 Å². The Kier molecular flexibility index (Phi) is 9.01. The van der Waals surface area contributed by atoms with E-state index in [1.54, 1.807) is 7.11 Å². The molecule has 15 heavy (non-hydrogen) atoms. The summed E-state index contributed by atoms with van der Waals surface area (Å²) >= 11 is 0. The maximum atomic E-state index is 14.2. The monoisotopic (exact) mass is 219 g/mol. The molecular weight excluding hydrogens is 193 g/mol. The van der Waals surface area contributed by atoms with E-state index >= 15 is 0 Å². The third kappa shape index (κ3) is 7.74. The molecule has 0 aliphatic heterocycles. The molecule has 3 heteroatoms. The van der Waals surface area contributed by atoms with Gasteiger partial charge in [-0.05, 0) is 25.8 Å². The van der Waals surface area contributed by atoms with Crippen molar-refractivity contribution in [2.45, 2.75) is 57.5 Å². The van der Waals surface area contributed by atoms with Crippen LogP contribution < -0.4 is 5.73 Å². The van der Waals surface area contributed by atoms with Crippen molar-refractivity contribution in [1.29, 1.82) is 0 Å². The number of nitrogens with two attached hydrogens (primary N) is 1. The minimum atomic E-state index is -1.15. The van der Waals surface area contributed by atoms with Crippen molar-refractivity contribution < 1.29 is 9.13 Å². The van der Waals surface area contributed by atoms with E-state index in [0.717, 1.165) is 19.3 Å². The molecule has 2 N–H and O–H groups in total. The smallest absolute Gasteiger partial charge is 0.134 e. The Hall–Kier alpha value is -0.150. The molecule has 0 rings (SSSR count). The second-order valence-electron chi connectivity index (χ2n) is 4.29. The Labute approximate surface area is 93.4 Å². The highest BCUT2D eigenvalue weighted by molar-refractivity contribution is 4.78. The minimum absolute atomic E-state index is 0.207. The van der Waals surface area contributed by atoms with Gasteiger partial charge in [-0.25, -0.2) is 4.39 Å². The van der Waals surface area contributed by atoms with Crippen molar-refractivity contribution in [3.63, 3.8) is 0 Å². The molecule has 1 unspecified atom stereocenters. The van der Waals surface area contributed by atoms with E-state index in [2.05, 4.69) is 6.92 Å². The highest BCUT2D eigenvalue weighted by Gasteiger charge is 2.28. The molecule has 0 radical (unpaired) electrons. The van der Waals surface area contributed by atoms with E-state index in [1.165, 1.54) is 12.8 Å². The normalized spacial score (nSPS) is 15.2. The van der Waals surface area contributed by atoms with Crippen LogP contribution in [0.25, 0.3) is 0 Å². The first-order valence-electron chi connectivity index (χ1n) is 6.06. The summed E-state index contributed by atoms with van der Waals surface area (Å²) in [5.74, 6) is 0. The molecule has 0 amide bonds. The van der Waals surface area contributed by atoms with Crippen molar-refractivity contribution in [2.24, 2.45) is 5.73 Å². The van der Waals surface area contributed by atoms with Gasteiger partial charge in [-0.2, -0.15) is 0 Å². The van der Waals surface area contributed by atoms with Gasteiger partial charge in [0.25, 0.3) is 0 Å². The molecule has 1 atom stereocenters. The van der Waals surface area contributed by atoms with Gasteiger partial charge in [0.1, 0.15) is 5.67 Å². The summed E-state index contributed by atoms with van der Waals surface area (Å²) in [6, 6.07) is 0. The van der Waals surface area contributed by atoms with E-state index < -0.39 is 5.67 Å². The highest BCUT2D eigenvalue weighted by atomic mass is 19.1. The average Bonchev–Trinajstić information content (AvgIpc) is 2.22. The SMILES string of the molecule is CCCCCCC(F)(CCCN)COC. The number of unbranched alkanes of at least 4 members (excludes halogenated alkanes) is 3. The maximum absolute atomic E-state index is 14.2. The molecule has 0 aliphatic carbocycles. The molecular formula is C12H26FNO. The molecule has 92 valence electrons. The summed E-state index contributed by atoms with van der Waals surface area (Å²) < 4.78 is 19.2. The summed E-state index contributed by atoms with van der Waals surface area (Å²) in [6.07, 6.45) is 6.34. The van der Waals surface area contributed by atoms with Crippen LogP contribution in [0.5, 0.6) is 0 Å². The van der Waals surface area contributed by atoms with Crippen LogP contribution >= 0.6 is 0 Å². The Bertz CT molecular complexity index is 144. The van der Waals surface area contributed by atoms with Crippen LogP contribution in [0.2, 0.25) is 0 Å². The van der Waals surface area contributed by atoms with E-state index in [-0.39, 0.29) is 6.61 Å². The largest absolute Gasteiger partial charge is 0.381 e. The third-order valence-electron chi connectivity index (χ3n) is 2.71. The number of hydrogen-bond donors (Lipinski definition) is 1. The van der Waals surface area contributed by atoms with Gasteiger partial charge >= 0.3 is 0 Å². The zero-order valence-corrected chi connectivity index (χ0v) is 10.2. The molecule has 0 bridgehead atoms. The van der Waals surface area contributed by atoms with Crippen molar-refractivity contribution in [3.8, 4) is 0 Å². The Balaban J connectivity index is 3.78. The molecule has 0 aromatic rings. The fourth-order valence-electron chi connectivity index (χ4n) is 1.82. The second-order valence-corrected chi connectivity index (χ2v) is 4.29. The Morgan fingerprint density at radius 1 is 1.13 bits per heavy atom. The molecule has 0 aromatic carbocycles. The van der Waals surface area contributed by atoms with Crippen LogP contribution in [0, 0.1) is 0 Å². The quantitative estimate of drug-likeness (QED) is 0.573. The topological polar surface area (TPSA) is 35.2 Å².